The Kier molecular flexibility index (Phi) is 5.08. The molecule has 0 bridgehead atoms. The molecule has 0 aliphatic heterocycles. The van der Waals surface area contributed by atoms with Crippen molar-refractivity contribution in [2.24, 2.45) is 0 Å². The van der Waals surface area contributed by atoms with Crippen molar-refractivity contribution < 1.29 is 4.74 Å². The van der Waals surface area contributed by atoms with Crippen LogP contribution in [0.25, 0.3) is 10.9 Å². The van der Waals surface area contributed by atoms with E-state index in [-0.39, 0.29) is 0 Å². The number of rotatable bonds is 5. The predicted octanol–water partition coefficient (Wildman–Crippen LogP) is 6.65. The average molecular weight is 469 g/mol. The first-order valence-corrected chi connectivity index (χ1v) is 10.9. The number of aromatic nitrogens is 2. The SMILES string of the molecule is COc1cccc2c1c(Br)nn2C(c1ccccc1)(c1ccccc1)c1ccccc1. The third-order valence-electron chi connectivity index (χ3n) is 5.74. The van der Waals surface area contributed by atoms with Crippen LogP contribution in [0.4, 0.5) is 0 Å². The summed E-state index contributed by atoms with van der Waals surface area (Å²) in [6, 6.07) is 37.7. The van der Waals surface area contributed by atoms with Crippen molar-refractivity contribution in [1.29, 1.82) is 0 Å². The summed E-state index contributed by atoms with van der Waals surface area (Å²) in [4.78, 5) is 0. The van der Waals surface area contributed by atoms with E-state index < -0.39 is 5.54 Å². The zero-order valence-electron chi connectivity index (χ0n) is 17.1. The fourth-order valence-corrected chi connectivity index (χ4v) is 4.98. The Morgan fingerprint density at radius 2 is 1.16 bits per heavy atom. The average Bonchev–Trinajstić information content (AvgIpc) is 3.19. The molecule has 0 saturated carbocycles. The molecule has 1 aromatic heterocycles. The molecule has 4 aromatic carbocycles. The molecular weight excluding hydrogens is 448 g/mol. The summed E-state index contributed by atoms with van der Waals surface area (Å²) in [7, 11) is 1.69. The quantitative estimate of drug-likeness (QED) is 0.270. The number of benzene rings is 4. The Labute approximate surface area is 190 Å². The summed E-state index contributed by atoms with van der Waals surface area (Å²) in [6.45, 7) is 0. The molecule has 0 aliphatic rings. The van der Waals surface area contributed by atoms with Crippen molar-refractivity contribution in [3.8, 4) is 5.75 Å². The lowest BCUT2D eigenvalue weighted by Crippen LogP contribution is -2.38. The Morgan fingerprint density at radius 1 is 0.677 bits per heavy atom. The molecule has 0 aliphatic carbocycles. The highest BCUT2D eigenvalue weighted by molar-refractivity contribution is 9.10. The van der Waals surface area contributed by atoms with Gasteiger partial charge in [-0.25, -0.2) is 4.68 Å². The molecule has 0 amide bonds. The van der Waals surface area contributed by atoms with Gasteiger partial charge in [-0.1, -0.05) is 97.1 Å². The number of fused-ring (bicyclic) bond motifs is 1. The molecule has 5 aromatic rings. The van der Waals surface area contributed by atoms with Crippen molar-refractivity contribution in [2.45, 2.75) is 5.54 Å². The first-order chi connectivity index (χ1) is 15.3. The molecule has 1 heterocycles. The van der Waals surface area contributed by atoms with Crippen LogP contribution in [0.3, 0.4) is 0 Å². The second-order valence-corrected chi connectivity index (χ2v) is 8.12. The Balaban J connectivity index is 1.99. The topological polar surface area (TPSA) is 27.1 Å². The summed E-state index contributed by atoms with van der Waals surface area (Å²) in [5.74, 6) is 0.790. The van der Waals surface area contributed by atoms with E-state index in [2.05, 4.69) is 99.5 Å². The normalized spacial score (nSPS) is 11.5. The van der Waals surface area contributed by atoms with E-state index in [1.807, 2.05) is 30.3 Å². The monoisotopic (exact) mass is 468 g/mol. The minimum Gasteiger partial charge on any atom is -0.496 e. The van der Waals surface area contributed by atoms with Crippen molar-refractivity contribution in [3.63, 3.8) is 0 Å². The highest BCUT2D eigenvalue weighted by atomic mass is 79.9. The number of halogens is 1. The van der Waals surface area contributed by atoms with E-state index in [0.717, 1.165) is 37.9 Å². The van der Waals surface area contributed by atoms with Crippen LogP contribution < -0.4 is 4.74 Å². The van der Waals surface area contributed by atoms with Gasteiger partial charge in [0.2, 0.25) is 0 Å². The van der Waals surface area contributed by atoms with Crippen LogP contribution in [0.2, 0.25) is 0 Å². The van der Waals surface area contributed by atoms with Crippen LogP contribution in [0, 0.1) is 0 Å². The number of nitrogens with zero attached hydrogens (tertiary/aromatic N) is 2. The standard InChI is InChI=1S/C27H21BrN2O/c1-31-24-19-11-18-23-25(24)26(28)29-30(23)27(20-12-5-2-6-13-20,21-14-7-3-8-15-21)22-16-9-4-10-17-22/h2-19H,1H3. The second-order valence-electron chi connectivity index (χ2n) is 7.37. The molecule has 0 unspecified atom stereocenters. The van der Waals surface area contributed by atoms with Crippen molar-refractivity contribution in [1.82, 2.24) is 9.78 Å². The van der Waals surface area contributed by atoms with Gasteiger partial charge in [-0.3, -0.25) is 0 Å². The summed E-state index contributed by atoms with van der Waals surface area (Å²) >= 11 is 3.71. The smallest absolute Gasteiger partial charge is 0.139 e. The second kappa shape index (κ2) is 8.05. The van der Waals surface area contributed by atoms with E-state index in [4.69, 9.17) is 9.84 Å². The molecular formula is C27H21BrN2O. The molecule has 31 heavy (non-hydrogen) atoms. The molecule has 5 rings (SSSR count). The number of hydrogen-bond donors (Lipinski definition) is 0. The maximum atomic E-state index is 5.67. The molecule has 4 heteroatoms. The van der Waals surface area contributed by atoms with Crippen LogP contribution in [-0.2, 0) is 5.54 Å². The minimum atomic E-state index is -0.666. The fourth-order valence-electron chi connectivity index (χ4n) is 4.43. The summed E-state index contributed by atoms with van der Waals surface area (Å²) in [5, 5.41) is 6.01. The minimum absolute atomic E-state index is 0.666. The summed E-state index contributed by atoms with van der Waals surface area (Å²) in [5.41, 5.74) is 3.72. The van der Waals surface area contributed by atoms with E-state index in [0.29, 0.717) is 0 Å². The lowest BCUT2D eigenvalue weighted by atomic mass is 9.77. The Hall–Kier alpha value is -3.37. The highest BCUT2D eigenvalue weighted by Gasteiger charge is 2.41. The van der Waals surface area contributed by atoms with Gasteiger partial charge in [0.25, 0.3) is 0 Å². The third kappa shape index (κ3) is 3.06. The highest BCUT2D eigenvalue weighted by Crippen LogP contribution is 2.44. The first-order valence-electron chi connectivity index (χ1n) is 10.1. The van der Waals surface area contributed by atoms with Gasteiger partial charge in [-0.15, -0.1) is 0 Å². The zero-order chi connectivity index (χ0) is 21.3. The van der Waals surface area contributed by atoms with Gasteiger partial charge >= 0.3 is 0 Å². The fraction of sp³-hybridized carbons (Fsp3) is 0.0741. The first kappa shape index (κ1) is 19.6. The van der Waals surface area contributed by atoms with Gasteiger partial charge in [0, 0.05) is 0 Å². The van der Waals surface area contributed by atoms with Gasteiger partial charge in [-0.2, -0.15) is 5.10 Å². The van der Waals surface area contributed by atoms with Crippen LogP contribution in [0.5, 0.6) is 5.75 Å². The van der Waals surface area contributed by atoms with E-state index in [9.17, 15) is 0 Å². The van der Waals surface area contributed by atoms with Crippen LogP contribution in [-0.4, -0.2) is 16.9 Å². The predicted molar refractivity (Wildman–Crippen MR) is 129 cm³/mol. The molecule has 0 N–H and O–H groups in total. The molecule has 0 spiro atoms. The molecule has 0 radical (unpaired) electrons. The van der Waals surface area contributed by atoms with Crippen LogP contribution in [0.1, 0.15) is 16.7 Å². The summed E-state index contributed by atoms with van der Waals surface area (Å²) in [6.07, 6.45) is 0. The van der Waals surface area contributed by atoms with Gasteiger partial charge in [0.1, 0.15) is 15.9 Å². The summed E-state index contributed by atoms with van der Waals surface area (Å²) < 4.78 is 8.54. The largest absolute Gasteiger partial charge is 0.496 e. The number of methoxy groups -OCH3 is 1. The molecule has 0 atom stereocenters. The molecule has 0 saturated heterocycles. The molecule has 152 valence electrons. The van der Waals surface area contributed by atoms with Crippen molar-refractivity contribution >= 4 is 26.8 Å². The molecule has 0 fully saturated rings. The lowest BCUT2D eigenvalue weighted by Gasteiger charge is -2.37. The van der Waals surface area contributed by atoms with Crippen LogP contribution >= 0.6 is 15.9 Å². The van der Waals surface area contributed by atoms with Gasteiger partial charge in [0.15, 0.2) is 0 Å². The van der Waals surface area contributed by atoms with Crippen molar-refractivity contribution in [2.75, 3.05) is 7.11 Å². The van der Waals surface area contributed by atoms with Crippen LogP contribution in [0.15, 0.2) is 114 Å². The van der Waals surface area contributed by atoms with E-state index in [1.165, 1.54) is 0 Å². The number of hydrogen-bond acceptors (Lipinski definition) is 2. The number of ether oxygens (including phenoxy) is 1. The zero-order valence-corrected chi connectivity index (χ0v) is 18.7. The van der Waals surface area contributed by atoms with E-state index >= 15 is 0 Å². The van der Waals surface area contributed by atoms with Gasteiger partial charge in [0.05, 0.1) is 18.0 Å². The van der Waals surface area contributed by atoms with E-state index in [1.54, 1.807) is 7.11 Å². The van der Waals surface area contributed by atoms with Gasteiger partial charge < -0.3 is 4.74 Å². The van der Waals surface area contributed by atoms with Gasteiger partial charge in [-0.05, 0) is 44.8 Å². The Morgan fingerprint density at radius 3 is 1.61 bits per heavy atom. The molecule has 3 nitrogen and oxygen atoms in total. The Bertz CT molecular complexity index is 1220. The third-order valence-corrected chi connectivity index (χ3v) is 6.29. The maximum absolute atomic E-state index is 5.67. The van der Waals surface area contributed by atoms with Crippen molar-refractivity contribution in [3.05, 3.63) is 130 Å². The maximum Gasteiger partial charge on any atom is 0.139 e. The lowest BCUT2D eigenvalue weighted by molar-refractivity contribution is 0.419.